The van der Waals surface area contributed by atoms with E-state index in [-0.39, 0.29) is 17.3 Å². The van der Waals surface area contributed by atoms with Crippen molar-refractivity contribution in [2.45, 2.75) is 6.18 Å². The molecule has 4 N–H and O–H groups in total. The van der Waals surface area contributed by atoms with Gasteiger partial charge in [-0.3, -0.25) is 5.10 Å². The third-order valence-electron chi connectivity index (χ3n) is 2.18. The number of aromatic nitrogens is 3. The Morgan fingerprint density at radius 3 is 2.60 bits per heavy atom. The molecule has 1 heterocycles. The standard InChI is InChI=1S/C9H8F3N5O2S/c10-9(11,12)6-3-1-2-5(4-6)7-14-8(16-15-7)17-20(13,18)19/h1-4H,(H2,13,18,19)(H2,14,15,16,17). The van der Waals surface area contributed by atoms with Crippen LogP contribution in [0.25, 0.3) is 11.4 Å². The summed E-state index contributed by atoms with van der Waals surface area (Å²) in [4.78, 5) is 3.68. The van der Waals surface area contributed by atoms with Crippen molar-refractivity contribution in [3.8, 4) is 11.4 Å². The number of nitrogens with one attached hydrogen (secondary N) is 2. The highest BCUT2D eigenvalue weighted by atomic mass is 32.2. The number of H-pyrrole nitrogens is 1. The quantitative estimate of drug-likeness (QED) is 0.788. The summed E-state index contributed by atoms with van der Waals surface area (Å²) >= 11 is 0. The van der Waals surface area contributed by atoms with Crippen LogP contribution in [0.1, 0.15) is 5.56 Å². The number of aromatic amines is 1. The van der Waals surface area contributed by atoms with Crippen LogP contribution in [-0.4, -0.2) is 23.6 Å². The van der Waals surface area contributed by atoms with Crippen LogP contribution in [0.4, 0.5) is 19.1 Å². The maximum atomic E-state index is 12.6. The van der Waals surface area contributed by atoms with Crippen molar-refractivity contribution in [2.75, 3.05) is 4.72 Å². The minimum atomic E-state index is -4.49. The van der Waals surface area contributed by atoms with Gasteiger partial charge in [-0.1, -0.05) is 12.1 Å². The van der Waals surface area contributed by atoms with Gasteiger partial charge < -0.3 is 0 Å². The summed E-state index contributed by atoms with van der Waals surface area (Å²) in [5.74, 6) is -0.387. The number of nitrogens with two attached hydrogens (primary N) is 1. The molecule has 0 aliphatic heterocycles. The van der Waals surface area contributed by atoms with Gasteiger partial charge in [-0.2, -0.15) is 26.6 Å². The molecule has 0 aliphatic carbocycles. The summed E-state index contributed by atoms with van der Waals surface area (Å²) in [6.45, 7) is 0. The predicted molar refractivity (Wildman–Crippen MR) is 63.6 cm³/mol. The SMILES string of the molecule is NS(=O)(=O)Nc1n[nH]c(-c2cccc(C(F)(F)F)c2)n1. The van der Waals surface area contributed by atoms with Gasteiger partial charge in [0.25, 0.3) is 16.2 Å². The van der Waals surface area contributed by atoms with Crippen molar-refractivity contribution >= 4 is 16.2 Å². The highest BCUT2D eigenvalue weighted by Gasteiger charge is 2.30. The second kappa shape index (κ2) is 4.76. The number of benzene rings is 1. The number of halogens is 3. The van der Waals surface area contributed by atoms with Gasteiger partial charge in [-0.25, -0.2) is 9.86 Å². The molecule has 1 aromatic carbocycles. The molecule has 20 heavy (non-hydrogen) atoms. The lowest BCUT2D eigenvalue weighted by atomic mass is 10.1. The zero-order valence-corrected chi connectivity index (χ0v) is 10.5. The monoisotopic (exact) mass is 307 g/mol. The number of rotatable bonds is 3. The van der Waals surface area contributed by atoms with Crippen molar-refractivity contribution in [3.63, 3.8) is 0 Å². The molecule has 1 aromatic heterocycles. The van der Waals surface area contributed by atoms with Crippen molar-refractivity contribution in [3.05, 3.63) is 29.8 Å². The molecule has 2 aromatic rings. The molecule has 0 saturated carbocycles. The molecule has 0 atom stereocenters. The summed E-state index contributed by atoms with van der Waals surface area (Å²) in [6.07, 6.45) is -4.49. The Morgan fingerprint density at radius 2 is 2.00 bits per heavy atom. The number of alkyl halides is 3. The summed E-state index contributed by atoms with van der Waals surface area (Å²) in [7, 11) is -4.05. The van der Waals surface area contributed by atoms with Crippen molar-refractivity contribution in [1.82, 2.24) is 15.2 Å². The average molecular weight is 307 g/mol. The maximum absolute atomic E-state index is 12.6. The fourth-order valence-corrected chi connectivity index (χ4v) is 1.75. The van der Waals surface area contributed by atoms with E-state index in [1.54, 1.807) is 4.72 Å². The van der Waals surface area contributed by atoms with Crippen LogP contribution >= 0.6 is 0 Å². The van der Waals surface area contributed by atoms with E-state index in [1.165, 1.54) is 12.1 Å². The number of hydrogen-bond donors (Lipinski definition) is 3. The minimum Gasteiger partial charge on any atom is -0.257 e. The van der Waals surface area contributed by atoms with E-state index >= 15 is 0 Å². The van der Waals surface area contributed by atoms with E-state index in [0.29, 0.717) is 0 Å². The van der Waals surface area contributed by atoms with Gasteiger partial charge in [0.05, 0.1) is 5.56 Å². The number of anilines is 1. The lowest BCUT2D eigenvalue weighted by molar-refractivity contribution is -0.137. The smallest absolute Gasteiger partial charge is 0.257 e. The summed E-state index contributed by atoms with van der Waals surface area (Å²) in [5, 5.41) is 10.5. The Hall–Kier alpha value is -2.14. The minimum absolute atomic E-state index is 0.0257. The summed E-state index contributed by atoms with van der Waals surface area (Å²) in [6, 6.07) is 4.34. The highest BCUT2D eigenvalue weighted by molar-refractivity contribution is 7.90. The third kappa shape index (κ3) is 3.45. The molecule has 108 valence electrons. The second-order valence-corrected chi connectivity index (χ2v) is 5.03. The van der Waals surface area contributed by atoms with Crippen LogP contribution in [0.2, 0.25) is 0 Å². The van der Waals surface area contributed by atoms with Crippen molar-refractivity contribution < 1.29 is 21.6 Å². The molecule has 0 radical (unpaired) electrons. The van der Waals surface area contributed by atoms with Gasteiger partial charge in [-0.05, 0) is 12.1 Å². The lowest BCUT2D eigenvalue weighted by Gasteiger charge is -2.06. The first kappa shape index (κ1) is 14.3. The normalized spacial score (nSPS) is 12.4. The maximum Gasteiger partial charge on any atom is 0.416 e. The second-order valence-electron chi connectivity index (χ2n) is 3.73. The van der Waals surface area contributed by atoms with Crippen LogP contribution in [-0.2, 0) is 16.4 Å². The molecule has 2 rings (SSSR count). The van der Waals surface area contributed by atoms with Gasteiger partial charge in [0, 0.05) is 5.56 Å². The van der Waals surface area contributed by atoms with Gasteiger partial charge in [0.1, 0.15) is 0 Å². The Kier molecular flexibility index (Phi) is 3.39. The summed E-state index contributed by atoms with van der Waals surface area (Å²) < 4.78 is 61.0. The van der Waals surface area contributed by atoms with Crippen molar-refractivity contribution in [2.24, 2.45) is 5.14 Å². The Balaban J connectivity index is 2.33. The largest absolute Gasteiger partial charge is 0.416 e. The van der Waals surface area contributed by atoms with Gasteiger partial charge in [0.15, 0.2) is 5.82 Å². The van der Waals surface area contributed by atoms with E-state index in [9.17, 15) is 21.6 Å². The Morgan fingerprint density at radius 1 is 1.30 bits per heavy atom. The summed E-state index contributed by atoms with van der Waals surface area (Å²) in [5.41, 5.74) is -0.748. The molecule has 0 saturated heterocycles. The first-order valence-corrected chi connectivity index (χ1v) is 6.60. The number of nitrogens with zero attached hydrogens (tertiary/aromatic N) is 2. The zero-order chi connectivity index (χ0) is 15.0. The first-order chi connectivity index (χ1) is 9.15. The topological polar surface area (TPSA) is 114 Å². The molecule has 0 bridgehead atoms. The molecule has 0 aliphatic rings. The van der Waals surface area contributed by atoms with Crippen LogP contribution in [0.15, 0.2) is 24.3 Å². The number of hydrogen-bond acceptors (Lipinski definition) is 4. The van der Waals surface area contributed by atoms with Gasteiger partial charge >= 0.3 is 6.18 Å². The lowest BCUT2D eigenvalue weighted by Crippen LogP contribution is -2.22. The van der Waals surface area contributed by atoms with E-state index in [0.717, 1.165) is 12.1 Å². The molecular weight excluding hydrogens is 299 g/mol. The van der Waals surface area contributed by atoms with E-state index in [1.807, 2.05) is 0 Å². The molecular formula is C9H8F3N5O2S. The molecule has 0 amide bonds. The Labute approximate surface area is 111 Å². The predicted octanol–water partition coefficient (Wildman–Crippen LogP) is 1.11. The molecule has 7 nitrogen and oxygen atoms in total. The fourth-order valence-electron chi connectivity index (χ4n) is 1.41. The first-order valence-electron chi connectivity index (χ1n) is 5.06. The van der Waals surface area contributed by atoms with E-state index < -0.39 is 21.9 Å². The van der Waals surface area contributed by atoms with Crippen molar-refractivity contribution in [1.29, 1.82) is 0 Å². The van der Waals surface area contributed by atoms with Crippen LogP contribution in [0, 0.1) is 0 Å². The van der Waals surface area contributed by atoms with Crippen LogP contribution in [0.5, 0.6) is 0 Å². The van der Waals surface area contributed by atoms with Gasteiger partial charge in [-0.15, -0.1) is 5.10 Å². The third-order valence-corrected chi connectivity index (χ3v) is 2.65. The average Bonchev–Trinajstić information content (AvgIpc) is 2.74. The molecule has 0 spiro atoms. The fraction of sp³-hybridized carbons (Fsp3) is 0.111. The van der Waals surface area contributed by atoms with Crippen LogP contribution < -0.4 is 9.86 Å². The molecule has 0 unspecified atom stereocenters. The Bertz CT molecular complexity index is 725. The van der Waals surface area contributed by atoms with Crippen LogP contribution in [0.3, 0.4) is 0 Å². The highest BCUT2D eigenvalue weighted by Crippen LogP contribution is 2.31. The van der Waals surface area contributed by atoms with E-state index in [4.69, 9.17) is 5.14 Å². The van der Waals surface area contributed by atoms with E-state index in [2.05, 4.69) is 15.2 Å². The molecule has 11 heteroatoms. The molecule has 0 fully saturated rings. The van der Waals surface area contributed by atoms with Gasteiger partial charge in [0.2, 0.25) is 0 Å². The zero-order valence-electron chi connectivity index (χ0n) is 9.64.